The van der Waals surface area contributed by atoms with Crippen molar-refractivity contribution in [1.82, 2.24) is 20.1 Å². The molecule has 2 aromatic heterocycles. The summed E-state index contributed by atoms with van der Waals surface area (Å²) < 4.78 is 10.9. The largest absolute Gasteiger partial charge is 0.495 e. The standard InChI is InChI=1S/C16H23N5O2/c1-12(2)16-19-18-15(23-16)11-20-4-6-21(7-5-20)13-8-14(22-3)10-17-9-13/h8-10,12H,4-7,11H2,1-3H3. The zero-order chi connectivity index (χ0) is 16.2. The monoisotopic (exact) mass is 317 g/mol. The Balaban J connectivity index is 1.55. The van der Waals surface area contributed by atoms with Crippen LogP contribution in [0.3, 0.4) is 0 Å². The smallest absolute Gasteiger partial charge is 0.230 e. The van der Waals surface area contributed by atoms with Gasteiger partial charge in [-0.2, -0.15) is 0 Å². The van der Waals surface area contributed by atoms with E-state index in [4.69, 9.17) is 9.15 Å². The molecule has 0 unspecified atom stereocenters. The van der Waals surface area contributed by atoms with Crippen LogP contribution in [0.5, 0.6) is 5.75 Å². The van der Waals surface area contributed by atoms with Gasteiger partial charge in [0.05, 0.1) is 31.7 Å². The maximum absolute atomic E-state index is 5.69. The summed E-state index contributed by atoms with van der Waals surface area (Å²) in [7, 11) is 1.66. The van der Waals surface area contributed by atoms with Crippen molar-refractivity contribution in [3.8, 4) is 5.75 Å². The molecule has 3 rings (SSSR count). The highest BCUT2D eigenvalue weighted by Gasteiger charge is 2.20. The van der Waals surface area contributed by atoms with E-state index in [1.807, 2.05) is 12.3 Å². The Morgan fingerprint density at radius 3 is 2.61 bits per heavy atom. The number of rotatable bonds is 5. The summed E-state index contributed by atoms with van der Waals surface area (Å²) >= 11 is 0. The summed E-state index contributed by atoms with van der Waals surface area (Å²) in [6, 6.07) is 2.02. The fraction of sp³-hybridized carbons (Fsp3) is 0.562. The molecule has 23 heavy (non-hydrogen) atoms. The second kappa shape index (κ2) is 6.95. The average Bonchev–Trinajstić information content (AvgIpc) is 3.04. The van der Waals surface area contributed by atoms with Gasteiger partial charge in [-0.25, -0.2) is 0 Å². The second-order valence-corrected chi connectivity index (χ2v) is 6.03. The van der Waals surface area contributed by atoms with Crippen LogP contribution in [0.25, 0.3) is 0 Å². The molecule has 0 N–H and O–H groups in total. The zero-order valence-electron chi connectivity index (χ0n) is 13.9. The van der Waals surface area contributed by atoms with Gasteiger partial charge in [0, 0.05) is 38.2 Å². The topological polar surface area (TPSA) is 67.5 Å². The minimum Gasteiger partial charge on any atom is -0.495 e. The van der Waals surface area contributed by atoms with Crippen LogP contribution >= 0.6 is 0 Å². The van der Waals surface area contributed by atoms with Crippen molar-refractivity contribution in [2.45, 2.75) is 26.3 Å². The normalized spacial score (nSPS) is 16.1. The Bertz CT molecular complexity index is 635. The van der Waals surface area contributed by atoms with Gasteiger partial charge in [0.1, 0.15) is 5.75 Å². The van der Waals surface area contributed by atoms with Crippen molar-refractivity contribution in [1.29, 1.82) is 0 Å². The Morgan fingerprint density at radius 2 is 1.96 bits per heavy atom. The lowest BCUT2D eigenvalue weighted by atomic mass is 10.2. The number of ether oxygens (including phenoxy) is 1. The number of nitrogens with zero attached hydrogens (tertiary/aromatic N) is 5. The van der Waals surface area contributed by atoms with Gasteiger partial charge in [0.15, 0.2) is 0 Å². The Morgan fingerprint density at radius 1 is 1.17 bits per heavy atom. The highest BCUT2D eigenvalue weighted by molar-refractivity contribution is 5.48. The molecule has 1 aliphatic heterocycles. The maximum atomic E-state index is 5.69. The minimum absolute atomic E-state index is 0.272. The van der Waals surface area contributed by atoms with Gasteiger partial charge in [0.2, 0.25) is 11.8 Å². The van der Waals surface area contributed by atoms with Gasteiger partial charge < -0.3 is 14.1 Å². The highest BCUT2D eigenvalue weighted by atomic mass is 16.5. The van der Waals surface area contributed by atoms with Crippen molar-refractivity contribution in [3.05, 3.63) is 30.2 Å². The van der Waals surface area contributed by atoms with Crippen LogP contribution in [0.2, 0.25) is 0 Å². The Kier molecular flexibility index (Phi) is 4.76. The Labute approximate surface area is 136 Å². The van der Waals surface area contributed by atoms with E-state index in [0.29, 0.717) is 18.3 Å². The first kappa shape index (κ1) is 15.7. The van der Waals surface area contributed by atoms with Gasteiger partial charge in [0.25, 0.3) is 0 Å². The first-order valence-corrected chi connectivity index (χ1v) is 7.94. The van der Waals surface area contributed by atoms with E-state index in [9.17, 15) is 0 Å². The first-order chi connectivity index (χ1) is 11.2. The summed E-state index contributed by atoms with van der Waals surface area (Å²) in [5.74, 6) is 2.47. The lowest BCUT2D eigenvalue weighted by Crippen LogP contribution is -2.46. The van der Waals surface area contributed by atoms with Gasteiger partial charge in [-0.1, -0.05) is 13.8 Å². The first-order valence-electron chi connectivity index (χ1n) is 7.94. The predicted molar refractivity (Wildman–Crippen MR) is 86.7 cm³/mol. The Hall–Kier alpha value is -2.15. The third-order valence-electron chi connectivity index (χ3n) is 4.01. The summed E-state index contributed by atoms with van der Waals surface area (Å²) in [6.07, 6.45) is 3.60. The minimum atomic E-state index is 0.272. The van der Waals surface area contributed by atoms with E-state index in [1.165, 1.54) is 0 Å². The number of aromatic nitrogens is 3. The molecule has 1 aliphatic rings. The molecule has 0 aromatic carbocycles. The van der Waals surface area contributed by atoms with Gasteiger partial charge in [-0.15, -0.1) is 10.2 Å². The van der Waals surface area contributed by atoms with E-state index in [1.54, 1.807) is 13.3 Å². The molecule has 3 heterocycles. The summed E-state index contributed by atoms with van der Waals surface area (Å²) in [4.78, 5) is 8.88. The van der Waals surface area contributed by atoms with Crippen molar-refractivity contribution in [2.75, 3.05) is 38.2 Å². The van der Waals surface area contributed by atoms with Crippen LogP contribution in [-0.4, -0.2) is 53.4 Å². The molecule has 124 valence electrons. The van der Waals surface area contributed by atoms with Crippen LogP contribution in [0.1, 0.15) is 31.5 Å². The molecule has 0 aliphatic carbocycles. The van der Waals surface area contributed by atoms with E-state index in [2.05, 4.69) is 38.8 Å². The lowest BCUT2D eigenvalue weighted by Gasteiger charge is -2.35. The van der Waals surface area contributed by atoms with Crippen LogP contribution in [-0.2, 0) is 6.54 Å². The number of methoxy groups -OCH3 is 1. The molecular formula is C16H23N5O2. The van der Waals surface area contributed by atoms with Crippen LogP contribution in [0.4, 0.5) is 5.69 Å². The number of hydrogen-bond donors (Lipinski definition) is 0. The molecule has 0 saturated carbocycles. The number of pyridine rings is 1. The average molecular weight is 317 g/mol. The SMILES string of the molecule is COc1cncc(N2CCN(Cc3nnc(C(C)C)o3)CC2)c1. The van der Waals surface area contributed by atoms with Gasteiger partial charge in [-0.3, -0.25) is 9.88 Å². The van der Waals surface area contributed by atoms with Crippen molar-refractivity contribution in [2.24, 2.45) is 0 Å². The molecule has 1 fully saturated rings. The molecule has 1 saturated heterocycles. The van der Waals surface area contributed by atoms with Crippen molar-refractivity contribution in [3.63, 3.8) is 0 Å². The molecule has 0 radical (unpaired) electrons. The molecule has 2 aromatic rings. The van der Waals surface area contributed by atoms with E-state index >= 15 is 0 Å². The molecule has 0 amide bonds. The molecule has 0 atom stereocenters. The molecular weight excluding hydrogens is 294 g/mol. The molecule has 7 heteroatoms. The lowest BCUT2D eigenvalue weighted by molar-refractivity contribution is 0.223. The maximum Gasteiger partial charge on any atom is 0.230 e. The van der Waals surface area contributed by atoms with Crippen molar-refractivity contribution < 1.29 is 9.15 Å². The number of piperazine rings is 1. The number of hydrogen-bond acceptors (Lipinski definition) is 7. The summed E-state index contributed by atoms with van der Waals surface area (Å²) in [5.41, 5.74) is 1.10. The molecule has 7 nitrogen and oxygen atoms in total. The second-order valence-electron chi connectivity index (χ2n) is 6.03. The van der Waals surface area contributed by atoms with E-state index in [-0.39, 0.29) is 5.92 Å². The fourth-order valence-electron chi connectivity index (χ4n) is 2.61. The fourth-order valence-corrected chi connectivity index (χ4v) is 2.61. The zero-order valence-corrected chi connectivity index (χ0v) is 13.9. The molecule has 0 bridgehead atoms. The van der Waals surface area contributed by atoms with Crippen LogP contribution in [0, 0.1) is 0 Å². The van der Waals surface area contributed by atoms with Gasteiger partial charge in [-0.05, 0) is 0 Å². The van der Waals surface area contributed by atoms with Crippen molar-refractivity contribution >= 4 is 5.69 Å². The third-order valence-corrected chi connectivity index (χ3v) is 4.01. The van der Waals surface area contributed by atoms with E-state index in [0.717, 1.165) is 37.6 Å². The third kappa shape index (κ3) is 3.79. The summed E-state index contributed by atoms with van der Waals surface area (Å²) in [6.45, 7) is 8.62. The molecule has 0 spiro atoms. The number of anilines is 1. The predicted octanol–water partition coefficient (Wildman–Crippen LogP) is 1.92. The van der Waals surface area contributed by atoms with E-state index < -0.39 is 0 Å². The summed E-state index contributed by atoms with van der Waals surface area (Å²) in [5, 5.41) is 8.22. The van der Waals surface area contributed by atoms with Crippen LogP contribution < -0.4 is 9.64 Å². The highest BCUT2D eigenvalue weighted by Crippen LogP contribution is 2.21. The van der Waals surface area contributed by atoms with Crippen LogP contribution in [0.15, 0.2) is 22.9 Å². The van der Waals surface area contributed by atoms with Gasteiger partial charge >= 0.3 is 0 Å². The quantitative estimate of drug-likeness (QED) is 0.834.